The van der Waals surface area contributed by atoms with Crippen LogP contribution in [0, 0.1) is 5.92 Å². The van der Waals surface area contributed by atoms with Crippen molar-refractivity contribution in [2.24, 2.45) is 5.92 Å². The summed E-state index contributed by atoms with van der Waals surface area (Å²) in [6, 6.07) is 5.15. The van der Waals surface area contributed by atoms with E-state index in [9.17, 15) is 8.42 Å². The summed E-state index contributed by atoms with van der Waals surface area (Å²) in [7, 11) is -3.50. The van der Waals surface area contributed by atoms with Crippen LogP contribution in [0.5, 0.6) is 0 Å². The molecule has 1 aliphatic heterocycles. The Labute approximate surface area is 152 Å². The maximum absolute atomic E-state index is 12.8. The Kier molecular flexibility index (Phi) is 4.95. The van der Waals surface area contributed by atoms with Gasteiger partial charge in [-0.25, -0.2) is 13.1 Å². The maximum Gasteiger partial charge on any atom is 0.250 e. The van der Waals surface area contributed by atoms with Gasteiger partial charge in [0.25, 0.3) is 0 Å². The van der Waals surface area contributed by atoms with Crippen LogP contribution in [0.4, 0.5) is 0 Å². The zero-order chi connectivity index (χ0) is 17.3. The Morgan fingerprint density at radius 1 is 1.24 bits per heavy atom. The van der Waals surface area contributed by atoms with Crippen LogP contribution in [0.2, 0.25) is 0 Å². The van der Waals surface area contributed by atoms with E-state index in [0.29, 0.717) is 9.90 Å². The summed E-state index contributed by atoms with van der Waals surface area (Å²) in [6.45, 7) is 3.02. The van der Waals surface area contributed by atoms with E-state index in [-0.39, 0.29) is 6.04 Å². The molecule has 8 heteroatoms. The second-order valence-corrected chi connectivity index (χ2v) is 10.0. The molecule has 2 fully saturated rings. The van der Waals surface area contributed by atoms with Crippen LogP contribution in [0.25, 0.3) is 10.6 Å². The standard InChI is InChI=1S/C17H23N3O3S2/c21-25(22,17-7-6-16(24-17)15-8-10-23-18-15)19-14-3-1-2-9-20(12-14)11-13-4-5-13/h6-8,10,13-14,19H,1-5,9,11-12H2. The minimum Gasteiger partial charge on any atom is -0.364 e. The van der Waals surface area contributed by atoms with Crippen molar-refractivity contribution >= 4 is 21.4 Å². The Morgan fingerprint density at radius 2 is 2.12 bits per heavy atom. The fourth-order valence-electron chi connectivity index (χ4n) is 3.37. The Hall–Kier alpha value is -1.22. The molecule has 0 bridgehead atoms. The van der Waals surface area contributed by atoms with Gasteiger partial charge >= 0.3 is 0 Å². The molecule has 0 aromatic carbocycles. The highest BCUT2D eigenvalue weighted by molar-refractivity contribution is 7.91. The lowest BCUT2D eigenvalue weighted by molar-refractivity contribution is 0.257. The summed E-state index contributed by atoms with van der Waals surface area (Å²) in [5.41, 5.74) is 0.663. The fraction of sp³-hybridized carbons (Fsp3) is 0.588. The molecule has 0 spiro atoms. The summed E-state index contributed by atoms with van der Waals surface area (Å²) in [5.74, 6) is 0.831. The molecule has 1 unspecified atom stereocenters. The molecule has 136 valence electrons. The van der Waals surface area contributed by atoms with Crippen LogP contribution < -0.4 is 4.72 Å². The highest BCUT2D eigenvalue weighted by Crippen LogP contribution is 2.31. The van der Waals surface area contributed by atoms with Gasteiger partial charge in [-0.15, -0.1) is 11.3 Å². The van der Waals surface area contributed by atoms with Gasteiger partial charge in [-0.1, -0.05) is 11.6 Å². The van der Waals surface area contributed by atoms with E-state index in [0.717, 1.165) is 49.7 Å². The summed E-state index contributed by atoms with van der Waals surface area (Å²) in [4.78, 5) is 3.23. The number of likely N-dealkylation sites (tertiary alicyclic amines) is 1. The quantitative estimate of drug-likeness (QED) is 0.833. The van der Waals surface area contributed by atoms with Crippen LogP contribution in [0.3, 0.4) is 0 Å². The average molecular weight is 382 g/mol. The predicted octanol–water partition coefficient (Wildman–Crippen LogP) is 2.95. The topological polar surface area (TPSA) is 75.4 Å². The fourth-order valence-corrected chi connectivity index (χ4v) is 5.91. The number of sulfonamides is 1. The van der Waals surface area contributed by atoms with Crippen molar-refractivity contribution in [1.29, 1.82) is 0 Å². The Bertz CT molecular complexity index is 797. The first-order valence-corrected chi connectivity index (χ1v) is 11.2. The smallest absolute Gasteiger partial charge is 0.250 e. The Balaban J connectivity index is 1.44. The molecule has 6 nitrogen and oxygen atoms in total. The van der Waals surface area contributed by atoms with Crippen molar-refractivity contribution in [3.8, 4) is 10.6 Å². The number of thiophene rings is 1. The number of rotatable bonds is 6. The SMILES string of the molecule is O=S(=O)(NC1CCCCN(CC2CC2)C1)c1ccc(-c2ccon2)s1. The molecule has 1 atom stereocenters. The summed E-state index contributed by atoms with van der Waals surface area (Å²) >= 11 is 1.23. The van der Waals surface area contributed by atoms with Crippen LogP contribution in [-0.4, -0.2) is 44.2 Å². The van der Waals surface area contributed by atoms with Crippen LogP contribution in [0.15, 0.2) is 33.2 Å². The minimum absolute atomic E-state index is 0.0103. The van der Waals surface area contributed by atoms with Gasteiger partial charge in [0, 0.05) is 25.2 Å². The zero-order valence-electron chi connectivity index (χ0n) is 14.1. The minimum atomic E-state index is -3.50. The van der Waals surface area contributed by atoms with Gasteiger partial charge < -0.3 is 9.42 Å². The number of hydrogen-bond acceptors (Lipinski definition) is 6. The molecule has 1 saturated carbocycles. The van der Waals surface area contributed by atoms with Gasteiger partial charge in [0.2, 0.25) is 10.0 Å². The van der Waals surface area contributed by atoms with Crippen LogP contribution >= 0.6 is 11.3 Å². The van der Waals surface area contributed by atoms with Gasteiger partial charge in [-0.05, 0) is 50.3 Å². The molecule has 2 aliphatic rings. The summed E-state index contributed by atoms with van der Waals surface area (Å²) < 4.78 is 33.6. The van der Waals surface area contributed by atoms with Crippen molar-refractivity contribution in [3.05, 3.63) is 24.5 Å². The molecule has 0 amide bonds. The second kappa shape index (κ2) is 7.19. The van der Waals surface area contributed by atoms with Gasteiger partial charge in [-0.2, -0.15) is 0 Å². The third-order valence-electron chi connectivity index (χ3n) is 4.83. The molecule has 0 radical (unpaired) electrons. The zero-order valence-corrected chi connectivity index (χ0v) is 15.7. The maximum atomic E-state index is 12.8. The van der Waals surface area contributed by atoms with E-state index in [1.807, 2.05) is 0 Å². The molecule has 4 rings (SSSR count). The van der Waals surface area contributed by atoms with Crippen molar-refractivity contribution < 1.29 is 12.9 Å². The first kappa shape index (κ1) is 17.2. The van der Waals surface area contributed by atoms with E-state index in [4.69, 9.17) is 4.52 Å². The monoisotopic (exact) mass is 381 g/mol. The van der Waals surface area contributed by atoms with Gasteiger partial charge in [0.05, 0.1) is 4.88 Å². The Morgan fingerprint density at radius 3 is 2.88 bits per heavy atom. The summed E-state index contributed by atoms with van der Waals surface area (Å²) in [5, 5.41) is 3.87. The first-order valence-electron chi connectivity index (χ1n) is 8.85. The molecule has 2 aromatic heterocycles. The third kappa shape index (κ3) is 4.31. The summed E-state index contributed by atoms with van der Waals surface area (Å²) in [6.07, 6.45) is 7.27. The lowest BCUT2D eigenvalue weighted by Gasteiger charge is -2.24. The number of nitrogens with zero attached hydrogens (tertiary/aromatic N) is 2. The highest BCUT2D eigenvalue weighted by Gasteiger charge is 2.29. The molecular weight excluding hydrogens is 358 g/mol. The van der Waals surface area contributed by atoms with Gasteiger partial charge in [-0.3, -0.25) is 0 Å². The van der Waals surface area contributed by atoms with E-state index in [2.05, 4.69) is 14.8 Å². The molecule has 2 aromatic rings. The number of hydrogen-bond donors (Lipinski definition) is 1. The molecule has 1 N–H and O–H groups in total. The number of aromatic nitrogens is 1. The number of nitrogens with one attached hydrogen (secondary N) is 1. The molecule has 25 heavy (non-hydrogen) atoms. The average Bonchev–Trinajstić information content (AvgIpc) is 3.08. The lowest BCUT2D eigenvalue weighted by Crippen LogP contribution is -2.42. The van der Waals surface area contributed by atoms with Crippen molar-refractivity contribution in [3.63, 3.8) is 0 Å². The van der Waals surface area contributed by atoms with Crippen molar-refractivity contribution in [2.45, 2.75) is 42.4 Å². The normalized spacial score (nSPS) is 22.8. The van der Waals surface area contributed by atoms with Gasteiger partial charge in [0.1, 0.15) is 16.2 Å². The molecular formula is C17H23N3O3S2. The third-order valence-corrected chi connectivity index (χ3v) is 7.95. The molecule has 1 saturated heterocycles. The van der Waals surface area contributed by atoms with E-state index in [1.54, 1.807) is 18.2 Å². The van der Waals surface area contributed by atoms with Crippen LogP contribution in [-0.2, 0) is 10.0 Å². The molecule has 3 heterocycles. The first-order chi connectivity index (χ1) is 12.1. The highest BCUT2D eigenvalue weighted by atomic mass is 32.2. The van der Waals surface area contributed by atoms with E-state index < -0.39 is 10.0 Å². The second-order valence-electron chi connectivity index (χ2n) is 7.02. The van der Waals surface area contributed by atoms with Gasteiger partial charge in [0.15, 0.2) is 0 Å². The van der Waals surface area contributed by atoms with Crippen LogP contribution in [0.1, 0.15) is 32.1 Å². The van der Waals surface area contributed by atoms with Crippen molar-refractivity contribution in [1.82, 2.24) is 14.8 Å². The van der Waals surface area contributed by atoms with E-state index >= 15 is 0 Å². The lowest BCUT2D eigenvalue weighted by atomic mass is 10.2. The largest absolute Gasteiger partial charge is 0.364 e. The predicted molar refractivity (Wildman–Crippen MR) is 96.9 cm³/mol. The molecule has 1 aliphatic carbocycles. The van der Waals surface area contributed by atoms with E-state index in [1.165, 1.54) is 30.4 Å². The van der Waals surface area contributed by atoms with Crippen molar-refractivity contribution in [2.75, 3.05) is 19.6 Å².